The maximum absolute atomic E-state index is 12.9. The van der Waals surface area contributed by atoms with E-state index >= 15 is 0 Å². The number of aryl methyl sites for hydroxylation is 1. The molecule has 0 saturated carbocycles. The van der Waals surface area contributed by atoms with Crippen molar-refractivity contribution < 1.29 is 14.3 Å². The molecular formula is C10H9FN2O2. The predicted molar refractivity (Wildman–Crippen MR) is 52.0 cm³/mol. The summed E-state index contributed by atoms with van der Waals surface area (Å²) in [6.07, 6.45) is 1.03. The third-order valence-corrected chi connectivity index (χ3v) is 2.26. The zero-order valence-corrected chi connectivity index (χ0v) is 8.07. The van der Waals surface area contributed by atoms with Gasteiger partial charge < -0.3 is 9.67 Å². The van der Waals surface area contributed by atoms with Gasteiger partial charge in [-0.3, -0.25) is 4.79 Å². The zero-order chi connectivity index (χ0) is 11.0. The fourth-order valence-corrected chi connectivity index (χ4v) is 1.57. The summed E-state index contributed by atoms with van der Waals surface area (Å²) in [4.78, 5) is 14.5. The lowest BCUT2D eigenvalue weighted by molar-refractivity contribution is -0.136. The molecule has 0 amide bonds. The zero-order valence-electron chi connectivity index (χ0n) is 8.07. The number of hydrogen-bond donors (Lipinski definition) is 1. The van der Waals surface area contributed by atoms with Gasteiger partial charge in [0.1, 0.15) is 11.5 Å². The van der Waals surface area contributed by atoms with E-state index in [9.17, 15) is 9.18 Å². The summed E-state index contributed by atoms with van der Waals surface area (Å²) < 4.78 is 14.5. The second-order valence-corrected chi connectivity index (χ2v) is 3.33. The summed E-state index contributed by atoms with van der Waals surface area (Å²) in [5, 5.41) is 9.28. The van der Waals surface area contributed by atoms with Crippen molar-refractivity contribution in [3.05, 3.63) is 29.8 Å². The molecule has 0 atom stereocenters. The van der Waals surface area contributed by atoms with Gasteiger partial charge in [-0.05, 0) is 12.1 Å². The lowest BCUT2D eigenvalue weighted by atomic mass is 10.3. The number of hydrogen-bond acceptors (Lipinski definition) is 2. The normalized spacial score (nSPS) is 10.8. The van der Waals surface area contributed by atoms with Gasteiger partial charge in [-0.2, -0.15) is 0 Å². The van der Waals surface area contributed by atoms with Gasteiger partial charge in [0.25, 0.3) is 0 Å². The van der Waals surface area contributed by atoms with Crippen LogP contribution < -0.4 is 0 Å². The highest BCUT2D eigenvalue weighted by atomic mass is 19.1. The van der Waals surface area contributed by atoms with Crippen molar-refractivity contribution in [1.29, 1.82) is 0 Å². The highest BCUT2D eigenvalue weighted by Gasteiger charge is 2.10. The van der Waals surface area contributed by atoms with E-state index in [1.807, 2.05) is 0 Å². The topological polar surface area (TPSA) is 55.1 Å². The van der Waals surface area contributed by atoms with Crippen LogP contribution in [-0.4, -0.2) is 20.6 Å². The standard InChI is InChI=1S/C10H9FN2O2/c1-13-8(4-9(14)15)3-6-2-7(11)5-12-10(6)13/h2-3,5H,4H2,1H3,(H,14,15). The molecule has 2 heterocycles. The molecule has 5 heteroatoms. The predicted octanol–water partition coefficient (Wildman–Crippen LogP) is 1.34. The number of carboxylic acid groups (broad SMARTS) is 1. The van der Waals surface area contributed by atoms with E-state index in [1.165, 1.54) is 6.07 Å². The highest BCUT2D eigenvalue weighted by molar-refractivity contribution is 5.80. The first-order chi connectivity index (χ1) is 7.08. The van der Waals surface area contributed by atoms with E-state index in [4.69, 9.17) is 5.11 Å². The maximum atomic E-state index is 12.9. The number of pyridine rings is 1. The number of aromatic nitrogens is 2. The van der Waals surface area contributed by atoms with E-state index in [0.717, 1.165) is 6.20 Å². The molecule has 0 aliphatic carbocycles. The van der Waals surface area contributed by atoms with Crippen LogP contribution in [-0.2, 0) is 18.3 Å². The van der Waals surface area contributed by atoms with Crippen LogP contribution >= 0.6 is 0 Å². The molecule has 0 saturated heterocycles. The average Bonchev–Trinajstić information content (AvgIpc) is 2.42. The van der Waals surface area contributed by atoms with Crippen LogP contribution in [0.5, 0.6) is 0 Å². The van der Waals surface area contributed by atoms with Crippen molar-refractivity contribution in [2.45, 2.75) is 6.42 Å². The van der Waals surface area contributed by atoms with Crippen molar-refractivity contribution in [3.63, 3.8) is 0 Å². The van der Waals surface area contributed by atoms with Crippen molar-refractivity contribution in [2.24, 2.45) is 7.05 Å². The summed E-state index contributed by atoms with van der Waals surface area (Å²) in [5.41, 5.74) is 1.20. The maximum Gasteiger partial charge on any atom is 0.309 e. The Morgan fingerprint density at radius 3 is 3.00 bits per heavy atom. The van der Waals surface area contributed by atoms with Gasteiger partial charge >= 0.3 is 5.97 Å². The highest BCUT2D eigenvalue weighted by Crippen LogP contribution is 2.17. The van der Waals surface area contributed by atoms with Crippen LogP contribution in [0.25, 0.3) is 11.0 Å². The molecule has 0 bridgehead atoms. The van der Waals surface area contributed by atoms with E-state index < -0.39 is 11.8 Å². The minimum Gasteiger partial charge on any atom is -0.481 e. The molecule has 1 N–H and O–H groups in total. The quantitative estimate of drug-likeness (QED) is 0.810. The SMILES string of the molecule is Cn1c(CC(=O)O)cc2cc(F)cnc21. The number of aliphatic carboxylic acids is 1. The van der Waals surface area contributed by atoms with Crippen molar-refractivity contribution in [2.75, 3.05) is 0 Å². The van der Waals surface area contributed by atoms with E-state index in [-0.39, 0.29) is 6.42 Å². The van der Waals surface area contributed by atoms with Crippen molar-refractivity contribution in [3.8, 4) is 0 Å². The molecule has 15 heavy (non-hydrogen) atoms. The van der Waals surface area contributed by atoms with Crippen LogP contribution in [0.4, 0.5) is 4.39 Å². The van der Waals surface area contributed by atoms with Crippen LogP contribution in [0.1, 0.15) is 5.69 Å². The number of halogens is 1. The Hall–Kier alpha value is -1.91. The number of rotatable bonds is 2. The largest absolute Gasteiger partial charge is 0.481 e. The van der Waals surface area contributed by atoms with Crippen LogP contribution in [0.3, 0.4) is 0 Å². The Morgan fingerprint density at radius 2 is 2.33 bits per heavy atom. The second-order valence-electron chi connectivity index (χ2n) is 3.33. The molecule has 0 spiro atoms. The van der Waals surface area contributed by atoms with Gasteiger partial charge in [0, 0.05) is 18.1 Å². The summed E-state index contributed by atoms with van der Waals surface area (Å²) >= 11 is 0. The lowest BCUT2D eigenvalue weighted by Crippen LogP contribution is -2.05. The van der Waals surface area contributed by atoms with Gasteiger partial charge in [0.2, 0.25) is 0 Å². The van der Waals surface area contributed by atoms with Gasteiger partial charge in [0.15, 0.2) is 0 Å². The number of carbonyl (C=O) groups is 1. The molecule has 2 aromatic rings. The number of carboxylic acids is 1. The Labute approximate surface area is 85.0 Å². The Balaban J connectivity index is 2.58. The Kier molecular flexibility index (Phi) is 2.15. The van der Waals surface area contributed by atoms with Gasteiger partial charge in [-0.15, -0.1) is 0 Å². The average molecular weight is 208 g/mol. The fraction of sp³-hybridized carbons (Fsp3) is 0.200. The Bertz CT molecular complexity index is 533. The minimum absolute atomic E-state index is 0.0888. The molecule has 0 fully saturated rings. The van der Waals surface area contributed by atoms with E-state index in [2.05, 4.69) is 4.98 Å². The first-order valence-electron chi connectivity index (χ1n) is 4.39. The monoisotopic (exact) mass is 208 g/mol. The van der Waals surface area contributed by atoms with Gasteiger partial charge in [0.05, 0.1) is 12.6 Å². The Morgan fingerprint density at radius 1 is 1.60 bits per heavy atom. The fourth-order valence-electron chi connectivity index (χ4n) is 1.57. The first kappa shape index (κ1) is 9.64. The summed E-state index contributed by atoms with van der Waals surface area (Å²) in [6, 6.07) is 2.98. The molecule has 2 aromatic heterocycles. The van der Waals surface area contributed by atoms with E-state index in [1.54, 1.807) is 17.7 Å². The minimum atomic E-state index is -0.915. The molecule has 78 valence electrons. The van der Waals surface area contributed by atoms with E-state index in [0.29, 0.717) is 16.7 Å². The molecule has 4 nitrogen and oxygen atoms in total. The van der Waals surface area contributed by atoms with Crippen LogP contribution in [0.2, 0.25) is 0 Å². The number of nitrogens with zero attached hydrogens (tertiary/aromatic N) is 2. The third-order valence-electron chi connectivity index (χ3n) is 2.26. The number of fused-ring (bicyclic) bond motifs is 1. The molecule has 0 aromatic carbocycles. The summed E-state index contributed by atoms with van der Waals surface area (Å²) in [5.74, 6) is -1.34. The van der Waals surface area contributed by atoms with Crippen molar-refractivity contribution >= 4 is 17.0 Å². The van der Waals surface area contributed by atoms with Crippen LogP contribution in [0.15, 0.2) is 18.3 Å². The van der Waals surface area contributed by atoms with Gasteiger partial charge in [-0.1, -0.05) is 0 Å². The smallest absolute Gasteiger partial charge is 0.309 e. The first-order valence-corrected chi connectivity index (χ1v) is 4.39. The second kappa shape index (κ2) is 3.34. The summed E-state index contributed by atoms with van der Waals surface area (Å²) in [6.45, 7) is 0. The molecular weight excluding hydrogens is 199 g/mol. The van der Waals surface area contributed by atoms with Gasteiger partial charge in [-0.25, -0.2) is 9.37 Å². The molecule has 0 radical (unpaired) electrons. The molecule has 0 unspecified atom stereocenters. The molecule has 0 aliphatic rings. The third kappa shape index (κ3) is 1.68. The molecule has 2 rings (SSSR count). The van der Waals surface area contributed by atoms with Crippen LogP contribution in [0, 0.1) is 5.82 Å². The molecule has 0 aliphatic heterocycles. The summed E-state index contributed by atoms with van der Waals surface area (Å²) in [7, 11) is 1.71. The lowest BCUT2D eigenvalue weighted by Gasteiger charge is -1.99. The van der Waals surface area contributed by atoms with Crippen molar-refractivity contribution in [1.82, 2.24) is 9.55 Å².